The fourth-order valence-electron chi connectivity index (χ4n) is 3.28. The van der Waals surface area contributed by atoms with Gasteiger partial charge in [0.25, 0.3) is 5.91 Å². The van der Waals surface area contributed by atoms with Crippen molar-refractivity contribution in [3.05, 3.63) is 77.6 Å². The minimum Gasteiger partial charge on any atom is -0.497 e. The summed E-state index contributed by atoms with van der Waals surface area (Å²) in [4.78, 5) is 14.4. The highest BCUT2D eigenvalue weighted by Crippen LogP contribution is 2.29. The predicted octanol–water partition coefficient (Wildman–Crippen LogP) is 3.64. The number of carbonyl (C=O) groups is 1. The smallest absolute Gasteiger partial charge is 0.289 e. The second kappa shape index (κ2) is 6.69. The zero-order chi connectivity index (χ0) is 18.1. The summed E-state index contributed by atoms with van der Waals surface area (Å²) in [7, 11) is 1.61. The number of aliphatic hydroxyl groups excluding tert-OH is 1. The van der Waals surface area contributed by atoms with Gasteiger partial charge in [-0.1, -0.05) is 36.4 Å². The summed E-state index contributed by atoms with van der Waals surface area (Å²) in [5.74, 6) is 1.36. The van der Waals surface area contributed by atoms with Crippen molar-refractivity contribution in [3.8, 4) is 17.1 Å². The summed E-state index contributed by atoms with van der Waals surface area (Å²) < 4.78 is 11.0. The predicted molar refractivity (Wildman–Crippen MR) is 96.8 cm³/mol. The second-order valence-electron chi connectivity index (χ2n) is 6.30. The Morgan fingerprint density at radius 1 is 1.15 bits per heavy atom. The maximum absolute atomic E-state index is 12.8. The highest BCUT2D eigenvalue weighted by molar-refractivity contribution is 5.92. The molecule has 0 aliphatic carbocycles. The summed E-state index contributed by atoms with van der Waals surface area (Å²) in [6, 6.07) is 18.6. The first-order chi connectivity index (χ1) is 12.7. The average Bonchev–Trinajstić information content (AvgIpc) is 3.17. The van der Waals surface area contributed by atoms with Crippen LogP contribution in [0.15, 0.2) is 65.1 Å². The Morgan fingerprint density at radius 2 is 2.00 bits per heavy atom. The summed E-state index contributed by atoms with van der Waals surface area (Å²) in [6.45, 7) is 0.715. The fourth-order valence-corrected chi connectivity index (χ4v) is 3.28. The van der Waals surface area contributed by atoms with Crippen LogP contribution in [0.25, 0.3) is 11.3 Å². The molecule has 1 aliphatic rings. The Hall–Kier alpha value is -3.05. The molecule has 0 fully saturated rings. The van der Waals surface area contributed by atoms with Gasteiger partial charge in [0.05, 0.1) is 19.8 Å². The average molecular weight is 349 g/mol. The molecule has 0 radical (unpaired) electrons. The monoisotopic (exact) mass is 349 g/mol. The molecule has 1 aliphatic heterocycles. The van der Waals surface area contributed by atoms with Gasteiger partial charge < -0.3 is 19.2 Å². The number of hydrogen-bond donors (Lipinski definition) is 1. The lowest BCUT2D eigenvalue weighted by molar-refractivity contribution is 0.0522. The zero-order valence-electron chi connectivity index (χ0n) is 14.4. The van der Waals surface area contributed by atoms with E-state index >= 15 is 0 Å². The summed E-state index contributed by atoms with van der Waals surface area (Å²) in [5, 5.41) is 10.3. The first kappa shape index (κ1) is 16.4. The Balaban J connectivity index is 1.57. The third-order valence-electron chi connectivity index (χ3n) is 4.63. The highest BCUT2D eigenvalue weighted by Gasteiger charge is 2.28. The minimum absolute atomic E-state index is 0.229. The number of nitrogens with zero attached hydrogens (tertiary/aromatic N) is 1. The van der Waals surface area contributed by atoms with Gasteiger partial charge in [-0.15, -0.1) is 0 Å². The first-order valence-corrected chi connectivity index (χ1v) is 8.45. The number of ether oxygens (including phenoxy) is 1. The van der Waals surface area contributed by atoms with Crippen LogP contribution in [-0.4, -0.2) is 29.6 Å². The maximum atomic E-state index is 12.8. The number of amides is 1. The zero-order valence-corrected chi connectivity index (χ0v) is 14.4. The molecule has 26 heavy (non-hydrogen) atoms. The molecule has 4 rings (SSSR count). The van der Waals surface area contributed by atoms with Crippen LogP contribution >= 0.6 is 0 Å². The molecule has 2 aromatic carbocycles. The summed E-state index contributed by atoms with van der Waals surface area (Å²) in [5.41, 5.74) is 2.68. The van der Waals surface area contributed by atoms with Crippen LogP contribution in [0.4, 0.5) is 0 Å². The molecule has 3 aromatic rings. The van der Waals surface area contributed by atoms with Gasteiger partial charge >= 0.3 is 0 Å². The number of fused-ring (bicyclic) bond motifs is 1. The molecule has 1 unspecified atom stereocenters. The van der Waals surface area contributed by atoms with E-state index in [4.69, 9.17) is 9.15 Å². The molecular weight excluding hydrogens is 330 g/mol. The molecule has 0 saturated carbocycles. The van der Waals surface area contributed by atoms with Gasteiger partial charge in [-0.05, 0) is 35.4 Å². The molecule has 0 saturated heterocycles. The molecule has 1 atom stereocenters. The normalized spacial score (nSPS) is 16.2. The Morgan fingerprint density at radius 3 is 2.85 bits per heavy atom. The van der Waals surface area contributed by atoms with E-state index in [1.807, 2.05) is 48.5 Å². The summed E-state index contributed by atoms with van der Waals surface area (Å²) >= 11 is 0. The quantitative estimate of drug-likeness (QED) is 0.784. The van der Waals surface area contributed by atoms with E-state index in [9.17, 15) is 9.90 Å². The van der Waals surface area contributed by atoms with Crippen molar-refractivity contribution in [3.63, 3.8) is 0 Å². The number of rotatable bonds is 3. The lowest BCUT2D eigenvalue weighted by atomic mass is 9.97. The number of carbonyl (C=O) groups excluding carboxylic acids is 1. The van der Waals surface area contributed by atoms with E-state index in [2.05, 4.69) is 0 Å². The van der Waals surface area contributed by atoms with Crippen LogP contribution in [0.3, 0.4) is 0 Å². The molecule has 132 valence electrons. The minimum atomic E-state index is -0.684. The largest absolute Gasteiger partial charge is 0.497 e. The second-order valence-corrected chi connectivity index (χ2v) is 6.30. The van der Waals surface area contributed by atoms with Gasteiger partial charge in [-0.25, -0.2) is 0 Å². The van der Waals surface area contributed by atoms with Crippen molar-refractivity contribution in [2.24, 2.45) is 0 Å². The van der Waals surface area contributed by atoms with Crippen LogP contribution in [0.5, 0.6) is 5.75 Å². The molecule has 1 aromatic heterocycles. The Bertz CT molecular complexity index is 946. The van der Waals surface area contributed by atoms with Crippen molar-refractivity contribution < 1.29 is 19.1 Å². The van der Waals surface area contributed by atoms with Gasteiger partial charge in [0.1, 0.15) is 11.5 Å². The lowest BCUT2D eigenvalue weighted by Crippen LogP contribution is -2.38. The SMILES string of the molecule is COc1cccc(-c2ccc(C(=O)N3Cc4ccccc4C(O)C3)o2)c1. The number of aliphatic hydroxyl groups is 1. The Kier molecular flexibility index (Phi) is 4.22. The van der Waals surface area contributed by atoms with Crippen LogP contribution in [0, 0.1) is 0 Å². The topological polar surface area (TPSA) is 62.9 Å². The van der Waals surface area contributed by atoms with E-state index in [0.29, 0.717) is 12.3 Å². The number of methoxy groups -OCH3 is 1. The van der Waals surface area contributed by atoms with Crippen molar-refractivity contribution in [1.82, 2.24) is 4.90 Å². The van der Waals surface area contributed by atoms with E-state index in [1.165, 1.54) is 0 Å². The highest BCUT2D eigenvalue weighted by atomic mass is 16.5. The molecule has 1 N–H and O–H groups in total. The van der Waals surface area contributed by atoms with Crippen LogP contribution < -0.4 is 4.74 Å². The van der Waals surface area contributed by atoms with Crippen molar-refractivity contribution in [2.75, 3.05) is 13.7 Å². The third kappa shape index (κ3) is 2.97. The third-order valence-corrected chi connectivity index (χ3v) is 4.63. The van der Waals surface area contributed by atoms with Crippen molar-refractivity contribution >= 4 is 5.91 Å². The lowest BCUT2D eigenvalue weighted by Gasteiger charge is -2.31. The van der Waals surface area contributed by atoms with E-state index in [0.717, 1.165) is 22.4 Å². The van der Waals surface area contributed by atoms with E-state index in [-0.39, 0.29) is 18.2 Å². The van der Waals surface area contributed by atoms with Crippen LogP contribution in [0.2, 0.25) is 0 Å². The van der Waals surface area contributed by atoms with Gasteiger partial charge in [0.2, 0.25) is 0 Å². The summed E-state index contributed by atoms with van der Waals surface area (Å²) in [6.07, 6.45) is -0.684. The van der Waals surface area contributed by atoms with Gasteiger partial charge in [0.15, 0.2) is 5.76 Å². The number of benzene rings is 2. The van der Waals surface area contributed by atoms with Crippen LogP contribution in [-0.2, 0) is 6.54 Å². The van der Waals surface area contributed by atoms with E-state index in [1.54, 1.807) is 24.1 Å². The fraction of sp³-hybridized carbons (Fsp3) is 0.190. The maximum Gasteiger partial charge on any atom is 0.289 e. The number of β-amino-alcohol motifs (C(OH)–C–C–N with tert-alkyl or cyclic N) is 1. The van der Waals surface area contributed by atoms with E-state index < -0.39 is 6.10 Å². The van der Waals surface area contributed by atoms with Crippen molar-refractivity contribution in [2.45, 2.75) is 12.6 Å². The van der Waals surface area contributed by atoms with Gasteiger partial charge in [-0.3, -0.25) is 4.79 Å². The van der Waals surface area contributed by atoms with Crippen molar-refractivity contribution in [1.29, 1.82) is 0 Å². The molecule has 0 spiro atoms. The molecule has 0 bridgehead atoms. The number of hydrogen-bond acceptors (Lipinski definition) is 4. The first-order valence-electron chi connectivity index (χ1n) is 8.45. The number of furan rings is 1. The molecule has 5 nitrogen and oxygen atoms in total. The molecular formula is C21H19NO4. The van der Waals surface area contributed by atoms with Crippen LogP contribution in [0.1, 0.15) is 27.8 Å². The Labute approximate surface area is 151 Å². The standard InChI is InChI=1S/C21H19NO4/c1-25-16-7-4-6-14(11-16)19-9-10-20(26-19)21(24)22-12-15-5-2-3-8-17(15)18(23)13-22/h2-11,18,23H,12-13H2,1H3. The van der Waals surface area contributed by atoms with Gasteiger partial charge in [0, 0.05) is 12.1 Å². The molecule has 5 heteroatoms. The molecule has 2 heterocycles. The molecule has 1 amide bonds. The van der Waals surface area contributed by atoms with Gasteiger partial charge in [-0.2, -0.15) is 0 Å².